The minimum Gasteiger partial charge on any atom is -0.292 e. The minimum atomic E-state index is -0.432. The van der Waals surface area contributed by atoms with E-state index in [-0.39, 0.29) is 11.6 Å². The highest BCUT2D eigenvalue weighted by Gasteiger charge is 2.12. The second-order valence-electron chi connectivity index (χ2n) is 5.80. The third kappa shape index (κ3) is 3.43. The fourth-order valence-corrected chi connectivity index (χ4v) is 2.87. The molecule has 3 aromatic rings. The summed E-state index contributed by atoms with van der Waals surface area (Å²) in [4.78, 5) is 16.9. The summed E-state index contributed by atoms with van der Waals surface area (Å²) in [6, 6.07) is 14.1. The molecule has 0 radical (unpaired) electrons. The summed E-state index contributed by atoms with van der Waals surface area (Å²) in [6.45, 7) is 3.84. The summed E-state index contributed by atoms with van der Waals surface area (Å²) in [5.74, 6) is -0.432. The van der Waals surface area contributed by atoms with Gasteiger partial charge in [-0.3, -0.25) is 9.36 Å². The van der Waals surface area contributed by atoms with E-state index >= 15 is 0 Å². The molecule has 2 aromatic carbocycles. The predicted octanol–water partition coefficient (Wildman–Crippen LogP) is 4.29. The van der Waals surface area contributed by atoms with Crippen molar-refractivity contribution in [2.45, 2.75) is 25.3 Å². The SMILES string of the molecule is C=C[C@@H](CCCc1ccccc1)n1cnc2ccc(F)cc2c1=O. The molecule has 0 N–H and O–H groups in total. The first-order valence-electron chi connectivity index (χ1n) is 8.02. The van der Waals surface area contributed by atoms with Crippen molar-refractivity contribution in [1.82, 2.24) is 9.55 Å². The molecule has 1 aromatic heterocycles. The van der Waals surface area contributed by atoms with Gasteiger partial charge < -0.3 is 0 Å². The highest BCUT2D eigenvalue weighted by atomic mass is 19.1. The average Bonchev–Trinajstić information content (AvgIpc) is 2.61. The number of benzene rings is 2. The first-order chi connectivity index (χ1) is 11.7. The number of fused-ring (bicyclic) bond motifs is 1. The van der Waals surface area contributed by atoms with Crippen molar-refractivity contribution in [3.63, 3.8) is 0 Å². The van der Waals surface area contributed by atoms with E-state index in [9.17, 15) is 9.18 Å². The van der Waals surface area contributed by atoms with E-state index in [1.54, 1.807) is 10.6 Å². The van der Waals surface area contributed by atoms with Crippen molar-refractivity contribution in [3.05, 3.63) is 89.2 Å². The van der Waals surface area contributed by atoms with Crippen LogP contribution in [0.5, 0.6) is 0 Å². The molecule has 3 rings (SSSR count). The lowest BCUT2D eigenvalue weighted by atomic mass is 10.0. The molecule has 3 nitrogen and oxygen atoms in total. The molecule has 0 amide bonds. The second kappa shape index (κ2) is 7.21. The molecule has 122 valence electrons. The Kier molecular flexibility index (Phi) is 4.85. The van der Waals surface area contributed by atoms with Gasteiger partial charge >= 0.3 is 0 Å². The summed E-state index contributed by atoms with van der Waals surface area (Å²) in [5.41, 5.74) is 1.54. The van der Waals surface area contributed by atoms with Crippen LogP contribution in [0.25, 0.3) is 10.9 Å². The normalized spacial score (nSPS) is 12.2. The zero-order valence-corrected chi connectivity index (χ0v) is 13.4. The molecule has 0 aliphatic heterocycles. The maximum atomic E-state index is 13.4. The standard InChI is InChI=1S/C20H19FN2O/c1-2-17(10-6-9-15-7-4-3-5-8-15)23-14-22-19-12-11-16(21)13-18(19)20(23)24/h2-5,7-8,11-14,17H,1,6,9-10H2/t17-/m0/s1. The number of aromatic nitrogens is 2. The van der Waals surface area contributed by atoms with Crippen molar-refractivity contribution < 1.29 is 4.39 Å². The molecule has 1 heterocycles. The van der Waals surface area contributed by atoms with Gasteiger partial charge in [-0.05, 0) is 43.0 Å². The van der Waals surface area contributed by atoms with E-state index < -0.39 is 5.82 Å². The van der Waals surface area contributed by atoms with Gasteiger partial charge in [-0.25, -0.2) is 9.37 Å². The Morgan fingerprint density at radius 2 is 2.00 bits per heavy atom. The summed E-state index contributed by atoms with van der Waals surface area (Å²) in [7, 11) is 0. The van der Waals surface area contributed by atoms with E-state index in [0.29, 0.717) is 10.9 Å². The van der Waals surface area contributed by atoms with E-state index in [1.165, 1.54) is 30.1 Å². The molecule has 0 aliphatic rings. The smallest absolute Gasteiger partial charge is 0.261 e. The van der Waals surface area contributed by atoms with Gasteiger partial charge in [0, 0.05) is 0 Å². The first-order valence-corrected chi connectivity index (χ1v) is 8.02. The van der Waals surface area contributed by atoms with Crippen LogP contribution in [0.4, 0.5) is 4.39 Å². The number of aryl methyl sites for hydroxylation is 1. The molecule has 0 saturated carbocycles. The lowest BCUT2D eigenvalue weighted by Crippen LogP contribution is -2.24. The third-order valence-electron chi connectivity index (χ3n) is 4.18. The molecule has 0 spiro atoms. The highest BCUT2D eigenvalue weighted by molar-refractivity contribution is 5.77. The van der Waals surface area contributed by atoms with Crippen LogP contribution in [0.2, 0.25) is 0 Å². The van der Waals surface area contributed by atoms with Crippen LogP contribution in [-0.2, 0) is 6.42 Å². The first kappa shape index (κ1) is 16.1. The van der Waals surface area contributed by atoms with E-state index in [0.717, 1.165) is 19.3 Å². The van der Waals surface area contributed by atoms with Gasteiger partial charge in [0.2, 0.25) is 0 Å². The molecule has 1 atom stereocenters. The molecule has 4 heteroatoms. The van der Waals surface area contributed by atoms with Crippen molar-refractivity contribution in [1.29, 1.82) is 0 Å². The van der Waals surface area contributed by atoms with Crippen molar-refractivity contribution in [3.8, 4) is 0 Å². The number of nitrogens with zero attached hydrogens (tertiary/aromatic N) is 2. The van der Waals surface area contributed by atoms with E-state index in [4.69, 9.17) is 0 Å². The van der Waals surface area contributed by atoms with Gasteiger partial charge in [0.25, 0.3) is 5.56 Å². The molecular formula is C20H19FN2O. The maximum Gasteiger partial charge on any atom is 0.261 e. The number of allylic oxidation sites excluding steroid dienone is 1. The highest BCUT2D eigenvalue weighted by Crippen LogP contribution is 2.17. The van der Waals surface area contributed by atoms with Crippen LogP contribution >= 0.6 is 0 Å². The van der Waals surface area contributed by atoms with Crippen molar-refractivity contribution in [2.24, 2.45) is 0 Å². The number of hydrogen-bond acceptors (Lipinski definition) is 2. The third-order valence-corrected chi connectivity index (χ3v) is 4.18. The van der Waals surface area contributed by atoms with Crippen LogP contribution < -0.4 is 5.56 Å². The Bertz CT molecular complexity index is 902. The van der Waals surface area contributed by atoms with E-state index in [2.05, 4.69) is 23.7 Å². The molecule has 0 unspecified atom stereocenters. The van der Waals surface area contributed by atoms with Crippen LogP contribution in [0.1, 0.15) is 24.4 Å². The van der Waals surface area contributed by atoms with Crippen LogP contribution in [0.3, 0.4) is 0 Å². The second-order valence-corrected chi connectivity index (χ2v) is 5.80. The Balaban J connectivity index is 1.80. The minimum absolute atomic E-state index is 0.152. The van der Waals surface area contributed by atoms with Gasteiger partial charge in [-0.15, -0.1) is 6.58 Å². The monoisotopic (exact) mass is 322 g/mol. The molecular weight excluding hydrogens is 303 g/mol. The Morgan fingerprint density at radius 1 is 1.21 bits per heavy atom. The van der Waals surface area contributed by atoms with Crippen molar-refractivity contribution in [2.75, 3.05) is 0 Å². The lowest BCUT2D eigenvalue weighted by Gasteiger charge is -2.16. The van der Waals surface area contributed by atoms with Crippen molar-refractivity contribution >= 4 is 10.9 Å². The topological polar surface area (TPSA) is 34.9 Å². The summed E-state index contributed by atoms with van der Waals surface area (Å²) >= 11 is 0. The zero-order chi connectivity index (χ0) is 16.9. The van der Waals surface area contributed by atoms with E-state index in [1.807, 2.05) is 18.2 Å². The fraction of sp³-hybridized carbons (Fsp3) is 0.200. The van der Waals surface area contributed by atoms with Gasteiger partial charge in [0.05, 0.1) is 23.3 Å². The summed E-state index contributed by atoms with van der Waals surface area (Å²) in [6.07, 6.45) is 5.92. The van der Waals surface area contributed by atoms with Gasteiger partial charge in [0.15, 0.2) is 0 Å². The average molecular weight is 322 g/mol. The lowest BCUT2D eigenvalue weighted by molar-refractivity contribution is 0.517. The fourth-order valence-electron chi connectivity index (χ4n) is 2.87. The number of rotatable bonds is 6. The summed E-state index contributed by atoms with van der Waals surface area (Å²) in [5, 5.41) is 0.299. The van der Waals surface area contributed by atoms with Gasteiger partial charge in [-0.1, -0.05) is 36.4 Å². The van der Waals surface area contributed by atoms with Gasteiger partial charge in [-0.2, -0.15) is 0 Å². The largest absolute Gasteiger partial charge is 0.292 e. The zero-order valence-electron chi connectivity index (χ0n) is 13.4. The molecule has 0 bridgehead atoms. The molecule has 24 heavy (non-hydrogen) atoms. The molecule has 0 saturated heterocycles. The quantitative estimate of drug-likeness (QED) is 0.635. The predicted molar refractivity (Wildman–Crippen MR) is 94.6 cm³/mol. The number of halogens is 1. The Morgan fingerprint density at radius 3 is 2.75 bits per heavy atom. The Hall–Kier alpha value is -2.75. The summed E-state index contributed by atoms with van der Waals surface area (Å²) < 4.78 is 15.0. The Labute approximate surface area is 140 Å². The van der Waals surface area contributed by atoms with Crippen LogP contribution in [-0.4, -0.2) is 9.55 Å². The van der Waals surface area contributed by atoms with Gasteiger partial charge in [0.1, 0.15) is 5.82 Å². The van der Waals surface area contributed by atoms with Crippen LogP contribution in [0.15, 0.2) is 72.3 Å². The number of hydrogen-bond donors (Lipinski definition) is 0. The van der Waals surface area contributed by atoms with Crippen LogP contribution in [0, 0.1) is 5.82 Å². The molecule has 0 aliphatic carbocycles. The maximum absolute atomic E-state index is 13.4. The molecule has 0 fully saturated rings.